The minimum Gasteiger partial charge on any atom is -0.435 e. The Morgan fingerprint density at radius 3 is 2.68 bits per heavy atom. The summed E-state index contributed by atoms with van der Waals surface area (Å²) in [6.45, 7) is 9.06. The number of nitrogen functional groups attached to an aromatic ring is 1. The third kappa shape index (κ3) is 5.96. The van der Waals surface area contributed by atoms with E-state index >= 15 is 0 Å². The molecule has 0 aromatic carbocycles. The molecule has 0 radical (unpaired) electrons. The Bertz CT molecular complexity index is 1210. The van der Waals surface area contributed by atoms with Gasteiger partial charge < -0.3 is 29.4 Å². The third-order valence-electron chi connectivity index (χ3n) is 6.74. The highest BCUT2D eigenvalue weighted by Crippen LogP contribution is 2.40. The zero-order chi connectivity index (χ0) is 27.9. The number of carbonyl (C=O) groups is 2. The molecule has 0 bridgehead atoms. The van der Waals surface area contributed by atoms with Gasteiger partial charge in [0.05, 0.1) is 12.9 Å². The smallest absolute Gasteiger partial charge is 0.435 e. The minimum atomic E-state index is -1.72. The van der Waals surface area contributed by atoms with Crippen molar-refractivity contribution in [1.82, 2.24) is 19.5 Å². The monoisotopic (exact) mass is 533 g/mol. The third-order valence-corrected chi connectivity index (χ3v) is 6.74. The summed E-state index contributed by atoms with van der Waals surface area (Å²) in [5.41, 5.74) is 3.95. The van der Waals surface area contributed by atoms with Crippen molar-refractivity contribution in [1.29, 1.82) is 0 Å². The molecular weight excluding hydrogens is 501 g/mol. The van der Waals surface area contributed by atoms with Gasteiger partial charge in [-0.2, -0.15) is 14.4 Å². The highest BCUT2D eigenvalue weighted by molar-refractivity contribution is 5.81. The molecule has 0 aliphatic carbocycles. The van der Waals surface area contributed by atoms with Crippen LogP contribution >= 0.6 is 0 Å². The SMILES string of the molecule is C#C[C@]1(COC(=O)OCC(CC)(CC)CC=C)O[C@@H](n2cnc3c(N)nc(F)nc32)C[C@@H]1OC(=O)OCC. The number of aromatic nitrogens is 4. The van der Waals surface area contributed by atoms with Crippen LogP contribution in [0.5, 0.6) is 0 Å². The number of anilines is 1. The zero-order valence-corrected chi connectivity index (χ0v) is 21.6. The molecule has 2 N–H and O–H groups in total. The Labute approximate surface area is 219 Å². The van der Waals surface area contributed by atoms with Crippen LogP contribution in [-0.2, 0) is 23.7 Å². The summed E-state index contributed by atoms with van der Waals surface area (Å²) in [5, 5.41) is 0. The second-order valence-corrected chi connectivity index (χ2v) is 8.86. The van der Waals surface area contributed by atoms with Crippen molar-refractivity contribution in [3.05, 3.63) is 25.1 Å². The molecule has 0 saturated carbocycles. The van der Waals surface area contributed by atoms with Gasteiger partial charge in [0.1, 0.15) is 19.4 Å². The normalized spacial score (nSPS) is 21.0. The van der Waals surface area contributed by atoms with Gasteiger partial charge in [-0.05, 0) is 26.2 Å². The van der Waals surface area contributed by atoms with Crippen molar-refractivity contribution < 1.29 is 37.7 Å². The van der Waals surface area contributed by atoms with Crippen molar-refractivity contribution in [3.8, 4) is 12.3 Å². The molecule has 1 saturated heterocycles. The molecule has 3 atom stereocenters. The first-order valence-corrected chi connectivity index (χ1v) is 12.2. The van der Waals surface area contributed by atoms with Gasteiger partial charge in [-0.15, -0.1) is 13.0 Å². The fraction of sp³-hybridized carbons (Fsp3) is 0.560. The summed E-state index contributed by atoms with van der Waals surface area (Å²) in [5.74, 6) is 2.28. The highest BCUT2D eigenvalue weighted by Gasteiger charge is 2.53. The van der Waals surface area contributed by atoms with E-state index in [0.717, 1.165) is 12.8 Å². The van der Waals surface area contributed by atoms with E-state index < -0.39 is 42.9 Å². The maximum Gasteiger partial charge on any atom is 0.508 e. The molecule has 13 heteroatoms. The maximum atomic E-state index is 13.9. The van der Waals surface area contributed by atoms with Crippen LogP contribution in [0.3, 0.4) is 0 Å². The molecular formula is C25H32FN5O7. The molecule has 38 heavy (non-hydrogen) atoms. The second-order valence-electron chi connectivity index (χ2n) is 8.86. The lowest BCUT2D eigenvalue weighted by Crippen LogP contribution is -2.45. The van der Waals surface area contributed by atoms with Crippen LogP contribution in [0.25, 0.3) is 11.2 Å². The van der Waals surface area contributed by atoms with E-state index in [4.69, 9.17) is 35.8 Å². The van der Waals surface area contributed by atoms with Crippen molar-refractivity contribution >= 4 is 29.3 Å². The first-order valence-electron chi connectivity index (χ1n) is 12.2. The minimum absolute atomic E-state index is 0.0213. The van der Waals surface area contributed by atoms with Gasteiger partial charge in [0.15, 0.2) is 23.1 Å². The van der Waals surface area contributed by atoms with Gasteiger partial charge in [0, 0.05) is 11.8 Å². The second kappa shape index (κ2) is 12.1. The Morgan fingerprint density at radius 2 is 2.05 bits per heavy atom. The number of nitrogens with two attached hydrogens (primary N) is 1. The predicted molar refractivity (Wildman–Crippen MR) is 133 cm³/mol. The summed E-state index contributed by atoms with van der Waals surface area (Å²) in [4.78, 5) is 36.0. The fourth-order valence-corrected chi connectivity index (χ4v) is 4.27. The van der Waals surface area contributed by atoms with Crippen molar-refractivity contribution in [3.63, 3.8) is 0 Å². The number of imidazole rings is 1. The van der Waals surface area contributed by atoms with Crippen molar-refractivity contribution in [2.75, 3.05) is 25.6 Å². The van der Waals surface area contributed by atoms with Crippen LogP contribution in [0.2, 0.25) is 0 Å². The first-order chi connectivity index (χ1) is 18.2. The number of nitrogens with zero attached hydrogens (tertiary/aromatic N) is 4. The van der Waals surface area contributed by atoms with Gasteiger partial charge >= 0.3 is 18.4 Å². The van der Waals surface area contributed by atoms with Gasteiger partial charge in [0.2, 0.25) is 5.60 Å². The number of ether oxygens (including phenoxy) is 5. The standard InChI is InChI=1S/C25H32FN5O7/c1-6-11-24(7-2,8-3)13-35-22(32)36-14-25(9-4)16(37-23(33)34-10-5)12-17(38-25)31-15-28-18-19(27)29-21(26)30-20(18)31/h4,6,15-17H,1,7-8,10-14H2,2-3,5H3,(H2,27,29,30)/t16-,17+,25+/m0/s1. The molecule has 1 aliphatic rings. The average Bonchev–Trinajstić information content (AvgIpc) is 3.47. The summed E-state index contributed by atoms with van der Waals surface area (Å²) in [7, 11) is 0. The Hall–Kier alpha value is -3.92. The fourth-order valence-electron chi connectivity index (χ4n) is 4.27. The number of hydrogen-bond donors (Lipinski definition) is 1. The van der Waals surface area contributed by atoms with E-state index in [1.807, 2.05) is 13.8 Å². The Morgan fingerprint density at radius 1 is 1.32 bits per heavy atom. The molecule has 1 fully saturated rings. The van der Waals surface area contributed by atoms with Crippen LogP contribution in [0, 0.1) is 23.8 Å². The van der Waals surface area contributed by atoms with Crippen LogP contribution in [-0.4, -0.2) is 63.4 Å². The van der Waals surface area contributed by atoms with E-state index in [0.29, 0.717) is 6.42 Å². The lowest BCUT2D eigenvalue weighted by Gasteiger charge is -2.30. The Balaban J connectivity index is 1.82. The van der Waals surface area contributed by atoms with E-state index in [1.54, 1.807) is 13.0 Å². The molecule has 3 rings (SSSR count). The largest absolute Gasteiger partial charge is 0.508 e. The van der Waals surface area contributed by atoms with E-state index in [9.17, 15) is 14.0 Å². The van der Waals surface area contributed by atoms with Crippen LogP contribution in [0.4, 0.5) is 19.8 Å². The average molecular weight is 534 g/mol. The molecule has 2 aromatic rings. The zero-order valence-electron chi connectivity index (χ0n) is 21.6. The summed E-state index contributed by atoms with van der Waals surface area (Å²) in [6.07, 6.45) is 6.02. The lowest BCUT2D eigenvalue weighted by atomic mass is 9.80. The van der Waals surface area contributed by atoms with Crippen molar-refractivity contribution in [2.45, 2.75) is 64.4 Å². The first kappa shape index (κ1) is 28.6. The molecule has 3 heterocycles. The lowest BCUT2D eigenvalue weighted by molar-refractivity contribution is -0.106. The van der Waals surface area contributed by atoms with Gasteiger partial charge in [0.25, 0.3) is 0 Å². The number of carbonyl (C=O) groups excluding carboxylic acids is 2. The maximum absolute atomic E-state index is 13.9. The number of rotatable bonds is 11. The van der Waals surface area contributed by atoms with Crippen LogP contribution in [0.1, 0.15) is 52.7 Å². The Kier molecular flexibility index (Phi) is 9.11. The number of allylic oxidation sites excluding steroid dienone is 1. The highest BCUT2D eigenvalue weighted by atomic mass is 19.1. The van der Waals surface area contributed by atoms with Gasteiger partial charge in [-0.3, -0.25) is 4.57 Å². The summed E-state index contributed by atoms with van der Waals surface area (Å²) >= 11 is 0. The molecule has 0 unspecified atom stereocenters. The van der Waals surface area contributed by atoms with E-state index in [-0.39, 0.29) is 42.0 Å². The van der Waals surface area contributed by atoms with Crippen LogP contribution in [0.15, 0.2) is 19.0 Å². The molecule has 12 nitrogen and oxygen atoms in total. The molecule has 2 aromatic heterocycles. The number of terminal acetylenes is 1. The quantitative estimate of drug-likeness (QED) is 0.194. The molecule has 0 amide bonds. The topological polar surface area (TPSA) is 150 Å². The predicted octanol–water partition coefficient (Wildman–Crippen LogP) is 3.92. The summed E-state index contributed by atoms with van der Waals surface area (Å²) < 4.78 is 42.4. The van der Waals surface area contributed by atoms with Gasteiger partial charge in [-0.1, -0.05) is 25.8 Å². The van der Waals surface area contributed by atoms with Crippen LogP contribution < -0.4 is 5.73 Å². The molecule has 0 spiro atoms. The number of halogens is 1. The molecule has 1 aliphatic heterocycles. The van der Waals surface area contributed by atoms with Gasteiger partial charge in [-0.25, -0.2) is 14.6 Å². The molecule has 206 valence electrons. The van der Waals surface area contributed by atoms with E-state index in [2.05, 4.69) is 27.5 Å². The number of fused-ring (bicyclic) bond motifs is 1. The number of hydrogen-bond acceptors (Lipinski definition) is 11. The van der Waals surface area contributed by atoms with E-state index in [1.165, 1.54) is 10.9 Å². The summed E-state index contributed by atoms with van der Waals surface area (Å²) in [6, 6.07) is 0. The van der Waals surface area contributed by atoms with Crippen molar-refractivity contribution in [2.24, 2.45) is 5.41 Å².